The minimum atomic E-state index is -0.523. The summed E-state index contributed by atoms with van der Waals surface area (Å²) in [6, 6.07) is 14.2. The van der Waals surface area contributed by atoms with Crippen LogP contribution in [0, 0.1) is 0 Å². The lowest BCUT2D eigenvalue weighted by Crippen LogP contribution is -2.34. The van der Waals surface area contributed by atoms with Gasteiger partial charge < -0.3 is 9.72 Å². The van der Waals surface area contributed by atoms with Crippen molar-refractivity contribution in [2.24, 2.45) is 0 Å². The minimum Gasteiger partial charge on any atom is -0.458 e. The highest BCUT2D eigenvalue weighted by molar-refractivity contribution is 5.94. The van der Waals surface area contributed by atoms with Gasteiger partial charge in [-0.2, -0.15) is 0 Å². The Hall–Kier alpha value is -3.41. The fourth-order valence-corrected chi connectivity index (χ4v) is 2.62. The van der Waals surface area contributed by atoms with Crippen LogP contribution in [0.25, 0.3) is 17.0 Å². The van der Waals surface area contributed by atoms with Crippen LogP contribution in [-0.4, -0.2) is 22.1 Å². The fraction of sp³-hybridized carbons (Fsp3) is 0.150. The van der Waals surface area contributed by atoms with E-state index in [1.54, 1.807) is 13.0 Å². The number of carbonyl (C=O) groups is 1. The Morgan fingerprint density at radius 2 is 1.92 bits per heavy atom. The number of hydrogen-bond donors (Lipinski definition) is 1. The average Bonchev–Trinajstić information content (AvgIpc) is 2.65. The van der Waals surface area contributed by atoms with Gasteiger partial charge in [0.25, 0.3) is 5.56 Å². The first-order valence-electron chi connectivity index (χ1n) is 8.25. The number of carbonyl (C=O) groups excluding carboxylic acids is 1. The Morgan fingerprint density at radius 3 is 2.65 bits per heavy atom. The zero-order valence-electron chi connectivity index (χ0n) is 14.3. The molecular weight excluding hydrogens is 332 g/mol. The van der Waals surface area contributed by atoms with Crippen molar-refractivity contribution in [1.29, 1.82) is 0 Å². The van der Waals surface area contributed by atoms with E-state index in [-0.39, 0.29) is 24.3 Å². The van der Waals surface area contributed by atoms with Crippen LogP contribution < -0.4 is 11.2 Å². The van der Waals surface area contributed by atoms with Crippen LogP contribution in [0.15, 0.2) is 64.2 Å². The molecule has 1 heterocycles. The summed E-state index contributed by atoms with van der Waals surface area (Å²) in [6.07, 6.45) is 3.61. The zero-order chi connectivity index (χ0) is 18.5. The Labute approximate surface area is 149 Å². The van der Waals surface area contributed by atoms with Crippen LogP contribution in [0.5, 0.6) is 0 Å². The highest BCUT2D eigenvalue weighted by Gasteiger charge is 2.11. The Balaban J connectivity index is 1.75. The lowest BCUT2D eigenvalue weighted by molar-refractivity contribution is 0.0550. The maximum atomic E-state index is 12.2. The molecule has 0 atom stereocenters. The van der Waals surface area contributed by atoms with Gasteiger partial charge >= 0.3 is 11.7 Å². The second kappa shape index (κ2) is 7.65. The molecular formula is C20H18N2O4. The van der Waals surface area contributed by atoms with E-state index in [0.29, 0.717) is 10.9 Å². The second-order valence-corrected chi connectivity index (χ2v) is 5.65. The van der Waals surface area contributed by atoms with Gasteiger partial charge in [-0.3, -0.25) is 9.36 Å². The van der Waals surface area contributed by atoms with Gasteiger partial charge in [0, 0.05) is 6.54 Å². The largest absolute Gasteiger partial charge is 0.458 e. The molecule has 0 saturated carbocycles. The molecule has 0 unspecified atom stereocenters. The normalized spacial score (nSPS) is 11.1. The Kier molecular flexibility index (Phi) is 5.12. The molecule has 6 heteroatoms. The Morgan fingerprint density at radius 1 is 1.15 bits per heavy atom. The maximum Gasteiger partial charge on any atom is 0.338 e. The number of aromatic amines is 1. The summed E-state index contributed by atoms with van der Waals surface area (Å²) in [5.41, 5.74) is 0.728. The molecule has 0 aliphatic rings. The molecule has 0 fully saturated rings. The quantitative estimate of drug-likeness (QED) is 0.717. The molecule has 0 aliphatic carbocycles. The predicted molar refractivity (Wildman–Crippen MR) is 100 cm³/mol. The van der Waals surface area contributed by atoms with E-state index < -0.39 is 11.7 Å². The van der Waals surface area contributed by atoms with E-state index in [1.165, 1.54) is 18.2 Å². The number of nitrogens with zero attached hydrogens (tertiary/aromatic N) is 1. The number of esters is 1. The first-order valence-corrected chi connectivity index (χ1v) is 8.25. The fourth-order valence-electron chi connectivity index (χ4n) is 2.62. The van der Waals surface area contributed by atoms with Gasteiger partial charge in [0.2, 0.25) is 0 Å². The van der Waals surface area contributed by atoms with Crippen molar-refractivity contribution in [3.05, 3.63) is 86.6 Å². The molecule has 132 valence electrons. The summed E-state index contributed by atoms with van der Waals surface area (Å²) in [7, 11) is 0. The van der Waals surface area contributed by atoms with Crippen molar-refractivity contribution in [1.82, 2.24) is 9.55 Å². The number of H-pyrrole nitrogens is 1. The standard InChI is InChI=1S/C20H18N2O4/c1-2-22-18(23)16-11-10-15(13-17(16)21-20(22)25)19(24)26-12-6-9-14-7-4-3-5-8-14/h3-11,13H,2,12H2,1H3,(H,21,25)/b9-6-. The minimum absolute atomic E-state index is 0.125. The molecule has 3 rings (SSSR count). The summed E-state index contributed by atoms with van der Waals surface area (Å²) < 4.78 is 6.31. The number of benzene rings is 2. The van der Waals surface area contributed by atoms with Gasteiger partial charge in [0.05, 0.1) is 16.5 Å². The van der Waals surface area contributed by atoms with Crippen molar-refractivity contribution in [2.75, 3.05) is 6.61 Å². The van der Waals surface area contributed by atoms with Gasteiger partial charge in [-0.25, -0.2) is 9.59 Å². The van der Waals surface area contributed by atoms with Crippen molar-refractivity contribution in [3.8, 4) is 0 Å². The van der Waals surface area contributed by atoms with Crippen LogP contribution in [0.4, 0.5) is 0 Å². The van der Waals surface area contributed by atoms with E-state index in [4.69, 9.17) is 4.74 Å². The lowest BCUT2D eigenvalue weighted by atomic mass is 10.1. The topological polar surface area (TPSA) is 81.2 Å². The van der Waals surface area contributed by atoms with Gasteiger partial charge in [-0.15, -0.1) is 0 Å². The summed E-state index contributed by atoms with van der Waals surface area (Å²) in [4.78, 5) is 38.9. The smallest absolute Gasteiger partial charge is 0.338 e. The molecule has 0 saturated heterocycles. The Bertz CT molecular complexity index is 1080. The molecule has 3 aromatic rings. The van der Waals surface area contributed by atoms with Gasteiger partial charge in [0.1, 0.15) is 6.61 Å². The average molecular weight is 350 g/mol. The monoisotopic (exact) mass is 350 g/mol. The molecule has 2 aromatic carbocycles. The number of rotatable bonds is 5. The van der Waals surface area contributed by atoms with Crippen LogP contribution in [0.1, 0.15) is 22.8 Å². The van der Waals surface area contributed by atoms with Gasteiger partial charge in [0.15, 0.2) is 0 Å². The van der Waals surface area contributed by atoms with Crippen LogP contribution in [-0.2, 0) is 11.3 Å². The number of fused-ring (bicyclic) bond motifs is 1. The molecule has 26 heavy (non-hydrogen) atoms. The molecule has 6 nitrogen and oxygen atoms in total. The molecule has 0 aliphatic heterocycles. The predicted octanol–water partition coefficient (Wildman–Crippen LogP) is 2.58. The summed E-state index contributed by atoms with van der Waals surface area (Å²) in [6.45, 7) is 2.12. The van der Waals surface area contributed by atoms with E-state index in [2.05, 4.69) is 4.98 Å². The summed E-state index contributed by atoms with van der Waals surface area (Å²) in [5.74, 6) is -0.523. The molecule has 0 bridgehead atoms. The number of aromatic nitrogens is 2. The third-order valence-corrected chi connectivity index (χ3v) is 3.95. The highest BCUT2D eigenvalue weighted by atomic mass is 16.5. The van der Waals surface area contributed by atoms with Gasteiger partial charge in [-0.1, -0.05) is 36.4 Å². The molecule has 0 radical (unpaired) electrons. The van der Waals surface area contributed by atoms with E-state index >= 15 is 0 Å². The third kappa shape index (κ3) is 3.64. The molecule has 0 amide bonds. The number of ether oxygens (including phenoxy) is 1. The SMILES string of the molecule is CCn1c(=O)[nH]c2cc(C(=O)OC/C=C\c3ccccc3)ccc2c1=O. The van der Waals surface area contributed by atoms with Gasteiger partial charge in [-0.05, 0) is 36.8 Å². The first-order chi connectivity index (χ1) is 12.6. The summed E-state index contributed by atoms with van der Waals surface area (Å²) >= 11 is 0. The summed E-state index contributed by atoms with van der Waals surface area (Å²) in [5, 5.41) is 0.354. The second-order valence-electron chi connectivity index (χ2n) is 5.65. The molecule has 0 spiro atoms. The van der Waals surface area contributed by atoms with E-state index in [9.17, 15) is 14.4 Å². The maximum absolute atomic E-state index is 12.2. The van der Waals surface area contributed by atoms with Crippen LogP contribution >= 0.6 is 0 Å². The van der Waals surface area contributed by atoms with Crippen molar-refractivity contribution >= 4 is 22.9 Å². The third-order valence-electron chi connectivity index (χ3n) is 3.95. The van der Waals surface area contributed by atoms with Crippen LogP contribution in [0.3, 0.4) is 0 Å². The first kappa shape index (κ1) is 17.4. The molecule has 1 aromatic heterocycles. The number of hydrogen-bond acceptors (Lipinski definition) is 4. The lowest BCUT2D eigenvalue weighted by Gasteiger charge is -2.06. The van der Waals surface area contributed by atoms with Crippen molar-refractivity contribution in [2.45, 2.75) is 13.5 Å². The number of nitrogens with one attached hydrogen (secondary N) is 1. The van der Waals surface area contributed by atoms with E-state index in [1.807, 2.05) is 36.4 Å². The van der Waals surface area contributed by atoms with E-state index in [0.717, 1.165) is 10.1 Å². The van der Waals surface area contributed by atoms with Crippen molar-refractivity contribution in [3.63, 3.8) is 0 Å². The molecule has 1 N–H and O–H groups in total. The zero-order valence-corrected chi connectivity index (χ0v) is 14.3. The van der Waals surface area contributed by atoms with Crippen molar-refractivity contribution < 1.29 is 9.53 Å². The highest BCUT2D eigenvalue weighted by Crippen LogP contribution is 2.10. The van der Waals surface area contributed by atoms with Crippen LogP contribution in [0.2, 0.25) is 0 Å².